The highest BCUT2D eigenvalue weighted by molar-refractivity contribution is 5.92. The molecular formula is C31H51N5O3. The maximum atomic E-state index is 14.3. The van der Waals surface area contributed by atoms with Gasteiger partial charge in [0, 0.05) is 45.7 Å². The number of piperidine rings is 1. The summed E-state index contributed by atoms with van der Waals surface area (Å²) in [4.78, 5) is 47.3. The number of nitrogens with one attached hydrogen (secondary N) is 1. The normalized spacial score (nSPS) is 32.8. The maximum absolute atomic E-state index is 14.3. The van der Waals surface area contributed by atoms with Gasteiger partial charge in [-0.05, 0) is 69.6 Å². The van der Waals surface area contributed by atoms with Gasteiger partial charge in [0.1, 0.15) is 6.04 Å². The van der Waals surface area contributed by atoms with E-state index >= 15 is 0 Å². The first-order valence-corrected chi connectivity index (χ1v) is 15.6. The molecule has 1 spiro atoms. The zero-order valence-electron chi connectivity index (χ0n) is 24.7. The Balaban J connectivity index is 1.38. The second-order valence-electron chi connectivity index (χ2n) is 14.0. The largest absolute Gasteiger partial charge is 0.377 e. The van der Waals surface area contributed by atoms with Crippen molar-refractivity contribution in [1.29, 1.82) is 0 Å². The molecule has 3 amide bonds. The molecular weight excluding hydrogens is 490 g/mol. The molecule has 2 aliphatic carbocycles. The average Bonchev–Trinajstić information content (AvgIpc) is 3.36. The fourth-order valence-corrected chi connectivity index (χ4v) is 8.67. The number of hydrogen-bond donors (Lipinski definition) is 2. The molecule has 5 atom stereocenters. The summed E-state index contributed by atoms with van der Waals surface area (Å²) >= 11 is 0. The molecule has 0 bridgehead atoms. The second kappa shape index (κ2) is 11.1. The molecule has 218 valence electrons. The van der Waals surface area contributed by atoms with Gasteiger partial charge in [0.15, 0.2) is 0 Å². The first-order chi connectivity index (χ1) is 18.5. The predicted octanol–water partition coefficient (Wildman–Crippen LogP) is 3.26. The van der Waals surface area contributed by atoms with Gasteiger partial charge in [0.25, 0.3) is 0 Å². The van der Waals surface area contributed by atoms with E-state index in [0.29, 0.717) is 43.3 Å². The van der Waals surface area contributed by atoms with Gasteiger partial charge in [-0.1, -0.05) is 44.9 Å². The van der Waals surface area contributed by atoms with Gasteiger partial charge in [-0.2, -0.15) is 0 Å². The van der Waals surface area contributed by atoms with Gasteiger partial charge in [0.2, 0.25) is 17.7 Å². The van der Waals surface area contributed by atoms with E-state index in [2.05, 4.69) is 23.5 Å². The van der Waals surface area contributed by atoms with Crippen LogP contribution in [-0.2, 0) is 14.4 Å². The minimum atomic E-state index is -1.08. The summed E-state index contributed by atoms with van der Waals surface area (Å²) in [6.07, 6.45) is 15.3. The summed E-state index contributed by atoms with van der Waals surface area (Å²) in [5.41, 5.74) is 5.85. The Hall–Kier alpha value is -2.09. The highest BCUT2D eigenvalue weighted by Gasteiger charge is 2.57. The van der Waals surface area contributed by atoms with E-state index in [1.54, 1.807) is 13.8 Å². The zero-order valence-corrected chi connectivity index (χ0v) is 24.7. The molecule has 3 heterocycles. The first kappa shape index (κ1) is 28.4. The Labute approximate surface area is 235 Å². The highest BCUT2D eigenvalue weighted by Crippen LogP contribution is 2.50. The van der Waals surface area contributed by atoms with Gasteiger partial charge >= 0.3 is 0 Å². The van der Waals surface area contributed by atoms with Crippen molar-refractivity contribution >= 4 is 17.7 Å². The van der Waals surface area contributed by atoms with E-state index in [1.165, 1.54) is 56.9 Å². The number of nitrogens with two attached hydrogens (primary N) is 1. The minimum Gasteiger partial charge on any atom is -0.377 e. The fourth-order valence-electron chi connectivity index (χ4n) is 8.67. The van der Waals surface area contributed by atoms with E-state index in [4.69, 9.17) is 5.73 Å². The Morgan fingerprint density at radius 2 is 1.77 bits per heavy atom. The summed E-state index contributed by atoms with van der Waals surface area (Å²) in [7, 11) is 4.07. The highest BCUT2D eigenvalue weighted by atomic mass is 16.2. The molecule has 0 aromatic carbocycles. The quantitative estimate of drug-likeness (QED) is 0.538. The van der Waals surface area contributed by atoms with Crippen LogP contribution in [0.5, 0.6) is 0 Å². The molecule has 0 radical (unpaired) electrons. The van der Waals surface area contributed by atoms with Crippen molar-refractivity contribution in [3.05, 3.63) is 11.8 Å². The lowest BCUT2D eigenvalue weighted by Crippen LogP contribution is -2.60. The van der Waals surface area contributed by atoms with Crippen molar-refractivity contribution in [3.63, 3.8) is 0 Å². The fraction of sp³-hybridized carbons (Fsp3) is 0.839. The molecule has 8 nitrogen and oxygen atoms in total. The lowest BCUT2D eigenvalue weighted by molar-refractivity contribution is -0.147. The van der Waals surface area contributed by atoms with E-state index in [1.807, 2.05) is 16.8 Å². The van der Waals surface area contributed by atoms with Crippen molar-refractivity contribution in [2.75, 3.05) is 33.7 Å². The average molecular weight is 542 g/mol. The number of likely N-dealkylation sites (tertiary alicyclic amines) is 2. The SMILES string of the molecule is CN1CC(C2CCCCC2)C2(CCCN(C(=O)C(CC3=CN(C)C4CCCCC34)NC(=O)C(C)(C)N)C2)C1=O. The number of nitrogens with zero attached hydrogens (tertiary/aromatic N) is 3. The van der Waals surface area contributed by atoms with Crippen LogP contribution in [0.1, 0.15) is 90.9 Å². The van der Waals surface area contributed by atoms with Crippen molar-refractivity contribution in [3.8, 4) is 0 Å². The lowest BCUT2D eigenvalue weighted by atomic mass is 9.64. The van der Waals surface area contributed by atoms with Crippen molar-refractivity contribution in [2.24, 2.45) is 28.9 Å². The summed E-state index contributed by atoms with van der Waals surface area (Å²) in [5.74, 6) is 1.14. The molecule has 3 aliphatic heterocycles. The number of rotatable bonds is 6. The Kier molecular flexibility index (Phi) is 8.06. The van der Waals surface area contributed by atoms with Crippen molar-refractivity contribution < 1.29 is 14.4 Å². The molecule has 0 aromatic heterocycles. The van der Waals surface area contributed by atoms with E-state index < -0.39 is 17.0 Å². The van der Waals surface area contributed by atoms with Gasteiger partial charge < -0.3 is 25.8 Å². The number of fused-ring (bicyclic) bond motifs is 1. The van der Waals surface area contributed by atoms with Crippen LogP contribution in [0.15, 0.2) is 11.8 Å². The third-order valence-corrected chi connectivity index (χ3v) is 10.7. The number of carbonyl (C=O) groups excluding carboxylic acids is 3. The molecule has 3 N–H and O–H groups in total. The van der Waals surface area contributed by atoms with Crippen molar-refractivity contribution in [1.82, 2.24) is 20.0 Å². The van der Waals surface area contributed by atoms with Crippen LogP contribution in [0, 0.1) is 23.2 Å². The molecule has 5 aliphatic rings. The van der Waals surface area contributed by atoms with Crippen LogP contribution in [0.4, 0.5) is 0 Å². The number of hydrogen-bond acceptors (Lipinski definition) is 5. The van der Waals surface area contributed by atoms with Crippen molar-refractivity contribution in [2.45, 2.75) is 109 Å². The molecule has 0 aromatic rings. The smallest absolute Gasteiger partial charge is 0.245 e. The minimum absolute atomic E-state index is 0.0563. The summed E-state index contributed by atoms with van der Waals surface area (Å²) < 4.78 is 0. The Morgan fingerprint density at radius 1 is 1.08 bits per heavy atom. The molecule has 2 saturated carbocycles. The molecule has 4 fully saturated rings. The van der Waals surface area contributed by atoms with Gasteiger partial charge in [-0.15, -0.1) is 0 Å². The van der Waals surface area contributed by atoms with Crippen LogP contribution < -0.4 is 11.1 Å². The lowest BCUT2D eigenvalue weighted by Gasteiger charge is -2.45. The predicted molar refractivity (Wildman–Crippen MR) is 152 cm³/mol. The van der Waals surface area contributed by atoms with Crippen LogP contribution >= 0.6 is 0 Å². The first-order valence-electron chi connectivity index (χ1n) is 15.6. The van der Waals surface area contributed by atoms with Gasteiger partial charge in [-0.3, -0.25) is 14.4 Å². The topological polar surface area (TPSA) is 99.0 Å². The summed E-state index contributed by atoms with van der Waals surface area (Å²) in [6, 6.07) is -0.175. The van der Waals surface area contributed by atoms with Crippen LogP contribution in [0.3, 0.4) is 0 Å². The molecule has 39 heavy (non-hydrogen) atoms. The molecule has 5 rings (SSSR count). The van der Waals surface area contributed by atoms with Crippen LogP contribution in [0.25, 0.3) is 0 Å². The van der Waals surface area contributed by atoms with E-state index in [9.17, 15) is 14.4 Å². The Morgan fingerprint density at radius 3 is 2.49 bits per heavy atom. The van der Waals surface area contributed by atoms with Gasteiger partial charge in [-0.25, -0.2) is 0 Å². The second-order valence-corrected chi connectivity index (χ2v) is 14.0. The maximum Gasteiger partial charge on any atom is 0.245 e. The van der Waals surface area contributed by atoms with E-state index in [0.717, 1.165) is 25.8 Å². The Bertz CT molecular complexity index is 983. The number of amides is 3. The molecule has 8 heteroatoms. The zero-order chi connectivity index (χ0) is 27.9. The monoisotopic (exact) mass is 541 g/mol. The molecule has 2 saturated heterocycles. The number of carbonyl (C=O) groups is 3. The van der Waals surface area contributed by atoms with E-state index in [-0.39, 0.29) is 17.7 Å². The third kappa shape index (κ3) is 5.47. The van der Waals surface area contributed by atoms with Gasteiger partial charge in [0.05, 0.1) is 11.0 Å². The summed E-state index contributed by atoms with van der Waals surface area (Å²) in [5, 5.41) is 3.06. The van der Waals surface area contributed by atoms with Crippen LogP contribution in [0.2, 0.25) is 0 Å². The molecule has 5 unspecified atom stereocenters. The third-order valence-electron chi connectivity index (χ3n) is 10.7. The standard InChI is InChI=1S/C31H51N5O3/c1-30(2,32)28(38)33-25(17-22-18-34(3)26-14-9-8-13-23(22)26)27(37)36-16-10-15-31(20-36)24(19-35(4)29(31)39)21-11-6-5-7-12-21/h18,21,23-26H,5-17,19-20,32H2,1-4H3,(H,33,38). The van der Waals surface area contributed by atoms with Crippen LogP contribution in [-0.4, -0.2) is 83.8 Å². The summed E-state index contributed by atoms with van der Waals surface area (Å²) in [6.45, 7) is 5.27.